The maximum absolute atomic E-state index is 13.4. The first-order chi connectivity index (χ1) is 13.1. The highest BCUT2D eigenvalue weighted by Crippen LogP contribution is 2.31. The zero-order valence-electron chi connectivity index (χ0n) is 14.7. The summed E-state index contributed by atoms with van der Waals surface area (Å²) in [4.78, 5) is 15.8. The molecule has 1 aromatic carbocycles. The third-order valence-corrected chi connectivity index (χ3v) is 5.93. The van der Waals surface area contributed by atoms with Gasteiger partial charge >= 0.3 is 0 Å². The molecule has 27 heavy (non-hydrogen) atoms. The van der Waals surface area contributed by atoms with Crippen LogP contribution in [0, 0.1) is 5.82 Å². The summed E-state index contributed by atoms with van der Waals surface area (Å²) in [6.07, 6.45) is 3.90. The van der Waals surface area contributed by atoms with Crippen LogP contribution in [-0.2, 0) is 0 Å². The highest BCUT2D eigenvalue weighted by molar-refractivity contribution is 7.22. The number of likely N-dealkylation sites (tertiary alicyclic amines) is 1. The van der Waals surface area contributed by atoms with Crippen molar-refractivity contribution >= 4 is 44.2 Å². The average molecular weight is 407 g/mol. The second kappa shape index (κ2) is 7.92. The topological polar surface area (TPSA) is 80.0 Å². The van der Waals surface area contributed by atoms with Gasteiger partial charge in [0.2, 0.25) is 0 Å². The van der Waals surface area contributed by atoms with Gasteiger partial charge in [-0.1, -0.05) is 29.4 Å². The van der Waals surface area contributed by atoms with E-state index in [4.69, 9.17) is 17.3 Å². The number of nitrogen functional groups attached to an aromatic ring is 1. The summed E-state index contributed by atoms with van der Waals surface area (Å²) in [6, 6.07) is 4.35. The molecule has 0 saturated carbocycles. The summed E-state index contributed by atoms with van der Waals surface area (Å²) in [6.45, 7) is 4.16. The Morgan fingerprint density at radius 2 is 2.00 bits per heavy atom. The van der Waals surface area contributed by atoms with Gasteiger partial charge in [0.05, 0.1) is 5.02 Å². The SMILES string of the molecule is Nc1nc(-c2ccc(F)c(Cl)c2)nc2nc(NCCN3CCCCC3)sc12. The van der Waals surface area contributed by atoms with Crippen molar-refractivity contribution in [3.05, 3.63) is 29.0 Å². The molecular weight excluding hydrogens is 387 g/mol. The van der Waals surface area contributed by atoms with Crippen LogP contribution >= 0.6 is 22.9 Å². The molecular formula is C18H20ClFN6S. The van der Waals surface area contributed by atoms with Gasteiger partial charge in [-0.25, -0.2) is 14.4 Å². The van der Waals surface area contributed by atoms with E-state index >= 15 is 0 Å². The van der Waals surface area contributed by atoms with Crippen LogP contribution in [0.15, 0.2) is 18.2 Å². The molecule has 4 rings (SSSR count). The quantitative estimate of drug-likeness (QED) is 0.666. The van der Waals surface area contributed by atoms with E-state index in [-0.39, 0.29) is 5.02 Å². The summed E-state index contributed by atoms with van der Waals surface area (Å²) in [5.41, 5.74) is 7.23. The Bertz CT molecular complexity index is 956. The predicted octanol–water partition coefficient (Wildman–Crippen LogP) is 4.03. The third kappa shape index (κ3) is 4.12. The van der Waals surface area contributed by atoms with Crippen LogP contribution < -0.4 is 11.1 Å². The van der Waals surface area contributed by atoms with Gasteiger partial charge in [0.1, 0.15) is 16.3 Å². The Kier molecular flexibility index (Phi) is 5.38. The van der Waals surface area contributed by atoms with Crippen LogP contribution in [0.25, 0.3) is 21.7 Å². The second-order valence-corrected chi connectivity index (χ2v) is 7.97. The minimum absolute atomic E-state index is 0.0214. The van der Waals surface area contributed by atoms with E-state index in [2.05, 4.69) is 25.2 Å². The van der Waals surface area contributed by atoms with Crippen molar-refractivity contribution in [3.63, 3.8) is 0 Å². The average Bonchev–Trinajstić information content (AvgIpc) is 3.08. The minimum Gasteiger partial charge on any atom is -0.382 e. The first-order valence-electron chi connectivity index (χ1n) is 8.96. The molecule has 0 atom stereocenters. The molecule has 2 aromatic heterocycles. The molecule has 142 valence electrons. The summed E-state index contributed by atoms with van der Waals surface area (Å²) in [7, 11) is 0. The van der Waals surface area contributed by atoms with E-state index in [0.717, 1.165) is 22.9 Å². The van der Waals surface area contributed by atoms with Crippen molar-refractivity contribution < 1.29 is 4.39 Å². The van der Waals surface area contributed by atoms with Crippen LogP contribution in [0.3, 0.4) is 0 Å². The molecule has 0 bridgehead atoms. The number of benzene rings is 1. The molecule has 1 fully saturated rings. The lowest BCUT2D eigenvalue weighted by atomic mass is 10.1. The molecule has 3 aromatic rings. The number of halogens is 2. The van der Waals surface area contributed by atoms with Crippen LogP contribution in [0.5, 0.6) is 0 Å². The standard InChI is InChI=1S/C18H20ClFN6S/c19-12-10-11(4-5-13(12)20)16-23-15(21)14-17(24-16)25-18(27-14)22-6-9-26-7-2-1-3-8-26/h4-5,10H,1-3,6-9H2,(H3,21,22,23,24,25). The molecule has 0 spiro atoms. The number of nitrogens with one attached hydrogen (secondary N) is 1. The molecule has 0 amide bonds. The monoisotopic (exact) mass is 406 g/mol. The maximum atomic E-state index is 13.4. The van der Waals surface area contributed by atoms with Gasteiger partial charge in [0, 0.05) is 18.7 Å². The number of anilines is 2. The fraction of sp³-hybridized carbons (Fsp3) is 0.389. The molecule has 1 aliphatic heterocycles. The highest BCUT2D eigenvalue weighted by atomic mass is 35.5. The van der Waals surface area contributed by atoms with Crippen LogP contribution in [0.1, 0.15) is 19.3 Å². The molecule has 0 radical (unpaired) electrons. The normalized spacial score (nSPS) is 15.3. The Morgan fingerprint density at radius 3 is 2.78 bits per heavy atom. The summed E-state index contributed by atoms with van der Waals surface area (Å²) >= 11 is 7.30. The van der Waals surface area contributed by atoms with Gasteiger partial charge in [-0.05, 0) is 44.1 Å². The summed E-state index contributed by atoms with van der Waals surface area (Å²) in [5.74, 6) is 0.257. The first kappa shape index (κ1) is 18.3. The third-order valence-electron chi connectivity index (χ3n) is 4.61. The van der Waals surface area contributed by atoms with Crippen LogP contribution in [0.2, 0.25) is 5.02 Å². The van der Waals surface area contributed by atoms with E-state index in [1.807, 2.05) is 0 Å². The van der Waals surface area contributed by atoms with Gasteiger partial charge in [-0.2, -0.15) is 4.98 Å². The molecule has 1 aliphatic rings. The van der Waals surface area contributed by atoms with Crippen molar-refractivity contribution in [2.45, 2.75) is 19.3 Å². The maximum Gasteiger partial charge on any atom is 0.185 e. The Hall–Kier alpha value is -2.03. The van der Waals surface area contributed by atoms with Gasteiger partial charge in [-0.3, -0.25) is 0 Å². The van der Waals surface area contributed by atoms with Crippen LogP contribution in [0.4, 0.5) is 15.3 Å². The number of nitrogens with two attached hydrogens (primary N) is 1. The Balaban J connectivity index is 1.51. The number of thiazole rings is 1. The molecule has 9 heteroatoms. The summed E-state index contributed by atoms with van der Waals surface area (Å²) < 4.78 is 14.1. The molecule has 1 saturated heterocycles. The largest absolute Gasteiger partial charge is 0.382 e. The van der Waals surface area contributed by atoms with E-state index < -0.39 is 5.82 Å². The Labute approximate surface area is 165 Å². The molecule has 3 N–H and O–H groups in total. The van der Waals surface area contributed by atoms with E-state index in [0.29, 0.717) is 22.9 Å². The van der Waals surface area contributed by atoms with Crippen molar-refractivity contribution in [1.82, 2.24) is 19.9 Å². The fourth-order valence-corrected chi connectivity index (χ4v) is 4.20. The number of aromatic nitrogens is 3. The number of hydrogen-bond acceptors (Lipinski definition) is 7. The number of fused-ring (bicyclic) bond motifs is 1. The number of piperidine rings is 1. The second-order valence-electron chi connectivity index (χ2n) is 6.56. The smallest absolute Gasteiger partial charge is 0.185 e. The molecule has 0 aliphatic carbocycles. The molecule has 3 heterocycles. The zero-order chi connectivity index (χ0) is 18.8. The van der Waals surface area contributed by atoms with Crippen molar-refractivity contribution in [2.24, 2.45) is 0 Å². The predicted molar refractivity (Wildman–Crippen MR) is 109 cm³/mol. The van der Waals surface area contributed by atoms with Crippen molar-refractivity contribution in [3.8, 4) is 11.4 Å². The lowest BCUT2D eigenvalue weighted by molar-refractivity contribution is 0.237. The van der Waals surface area contributed by atoms with Crippen molar-refractivity contribution in [1.29, 1.82) is 0 Å². The minimum atomic E-state index is -0.483. The highest BCUT2D eigenvalue weighted by Gasteiger charge is 2.14. The number of nitrogens with zero attached hydrogens (tertiary/aromatic N) is 4. The van der Waals surface area contributed by atoms with Gasteiger partial charge in [0.15, 0.2) is 16.6 Å². The Morgan fingerprint density at radius 1 is 1.19 bits per heavy atom. The van der Waals surface area contributed by atoms with Crippen molar-refractivity contribution in [2.75, 3.05) is 37.2 Å². The van der Waals surface area contributed by atoms with Gasteiger partial charge < -0.3 is 16.0 Å². The van der Waals surface area contributed by atoms with Gasteiger partial charge in [0.25, 0.3) is 0 Å². The van der Waals surface area contributed by atoms with Gasteiger partial charge in [-0.15, -0.1) is 0 Å². The lowest BCUT2D eigenvalue weighted by Crippen LogP contribution is -2.33. The van der Waals surface area contributed by atoms with E-state index in [9.17, 15) is 4.39 Å². The van der Waals surface area contributed by atoms with E-state index in [1.54, 1.807) is 6.07 Å². The van der Waals surface area contributed by atoms with Crippen LogP contribution in [-0.4, -0.2) is 46.0 Å². The molecule has 6 nitrogen and oxygen atoms in total. The molecule has 0 unspecified atom stereocenters. The number of hydrogen-bond donors (Lipinski definition) is 2. The zero-order valence-corrected chi connectivity index (χ0v) is 16.3. The first-order valence-corrected chi connectivity index (χ1v) is 10.2. The summed E-state index contributed by atoms with van der Waals surface area (Å²) in [5, 5.41) is 4.15. The van der Waals surface area contributed by atoms with E-state index in [1.165, 1.54) is 55.8 Å². The number of rotatable bonds is 5. The fourth-order valence-electron chi connectivity index (χ4n) is 3.19. The lowest BCUT2D eigenvalue weighted by Gasteiger charge is -2.26.